The zero-order chi connectivity index (χ0) is 14.7. The van der Waals surface area contributed by atoms with Crippen molar-refractivity contribution >= 4 is 40.1 Å². The Morgan fingerprint density at radius 1 is 1.50 bits per heavy atom. The van der Waals surface area contributed by atoms with Gasteiger partial charge >= 0.3 is 0 Å². The maximum Gasteiger partial charge on any atom is 0.257 e. The summed E-state index contributed by atoms with van der Waals surface area (Å²) >= 11 is 8.29. The lowest BCUT2D eigenvalue weighted by Gasteiger charge is -2.23. The van der Waals surface area contributed by atoms with Gasteiger partial charge in [0.2, 0.25) is 0 Å². The van der Waals surface area contributed by atoms with Crippen molar-refractivity contribution in [2.45, 2.75) is 26.2 Å². The van der Waals surface area contributed by atoms with Gasteiger partial charge in [0.25, 0.3) is 5.91 Å². The summed E-state index contributed by atoms with van der Waals surface area (Å²) in [5.41, 5.74) is 0.562. The van der Waals surface area contributed by atoms with Gasteiger partial charge in [0.05, 0.1) is 17.7 Å². The molecular weight excluding hydrogens is 389 g/mol. The highest BCUT2D eigenvalue weighted by molar-refractivity contribution is 14.1. The van der Waals surface area contributed by atoms with Crippen molar-refractivity contribution < 1.29 is 9.53 Å². The Bertz CT molecular complexity index is 503. The predicted molar refractivity (Wildman–Crippen MR) is 89.6 cm³/mol. The predicted octanol–water partition coefficient (Wildman–Crippen LogP) is 4.22. The molecule has 0 N–H and O–H groups in total. The van der Waals surface area contributed by atoms with Crippen LogP contribution in [0.4, 0.5) is 0 Å². The second-order valence-electron chi connectivity index (χ2n) is 5.16. The SMILES string of the molecule is CCCN(CC1CC1)C(=O)c1cc(Cl)c(I)cc1OC. The number of hydrogen-bond acceptors (Lipinski definition) is 2. The summed E-state index contributed by atoms with van der Waals surface area (Å²) in [4.78, 5) is 14.7. The van der Waals surface area contributed by atoms with Crippen molar-refractivity contribution in [3.8, 4) is 5.75 Å². The molecule has 0 saturated heterocycles. The summed E-state index contributed by atoms with van der Waals surface area (Å²) in [5, 5.41) is 0.595. The molecule has 1 aliphatic rings. The van der Waals surface area contributed by atoms with Gasteiger partial charge in [-0.3, -0.25) is 4.79 Å². The molecule has 1 amide bonds. The summed E-state index contributed by atoms with van der Waals surface area (Å²) < 4.78 is 6.23. The number of hydrogen-bond donors (Lipinski definition) is 0. The number of carbonyl (C=O) groups is 1. The van der Waals surface area contributed by atoms with Crippen LogP contribution >= 0.6 is 34.2 Å². The molecule has 0 bridgehead atoms. The minimum atomic E-state index is 0.0221. The third-order valence-electron chi connectivity index (χ3n) is 3.43. The Kier molecular flexibility index (Phi) is 5.55. The molecule has 1 saturated carbocycles. The van der Waals surface area contributed by atoms with Crippen molar-refractivity contribution in [2.75, 3.05) is 20.2 Å². The van der Waals surface area contributed by atoms with Gasteiger partial charge in [0, 0.05) is 16.7 Å². The van der Waals surface area contributed by atoms with Crippen molar-refractivity contribution in [3.05, 3.63) is 26.3 Å². The zero-order valence-corrected chi connectivity index (χ0v) is 14.7. The number of carbonyl (C=O) groups excluding carboxylic acids is 1. The lowest BCUT2D eigenvalue weighted by Crippen LogP contribution is -2.33. The van der Waals surface area contributed by atoms with Gasteiger partial charge in [-0.15, -0.1) is 0 Å². The molecule has 0 spiro atoms. The number of amides is 1. The van der Waals surface area contributed by atoms with E-state index in [9.17, 15) is 4.79 Å². The summed E-state index contributed by atoms with van der Waals surface area (Å²) in [6.07, 6.45) is 3.43. The van der Waals surface area contributed by atoms with Gasteiger partial charge in [-0.25, -0.2) is 0 Å². The van der Waals surface area contributed by atoms with Crippen molar-refractivity contribution in [1.82, 2.24) is 4.90 Å². The van der Waals surface area contributed by atoms with Crippen LogP contribution in [0.1, 0.15) is 36.5 Å². The molecule has 0 atom stereocenters. The maximum absolute atomic E-state index is 12.7. The molecular formula is C15H19ClINO2. The summed E-state index contributed by atoms with van der Waals surface area (Å²) in [6.45, 7) is 3.72. The quantitative estimate of drug-likeness (QED) is 0.661. The topological polar surface area (TPSA) is 29.5 Å². The normalized spacial score (nSPS) is 14.2. The van der Waals surface area contributed by atoms with Gasteiger partial charge < -0.3 is 9.64 Å². The van der Waals surface area contributed by atoms with Gasteiger partial charge in [-0.2, -0.15) is 0 Å². The minimum Gasteiger partial charge on any atom is -0.496 e. The third kappa shape index (κ3) is 3.79. The summed E-state index contributed by atoms with van der Waals surface area (Å²) in [6, 6.07) is 3.54. The molecule has 2 rings (SSSR count). The Hall–Kier alpha value is -0.490. The van der Waals surface area contributed by atoms with Crippen LogP contribution in [0.2, 0.25) is 5.02 Å². The molecule has 1 aromatic carbocycles. The van der Waals surface area contributed by atoms with E-state index in [4.69, 9.17) is 16.3 Å². The molecule has 5 heteroatoms. The second kappa shape index (κ2) is 6.98. The maximum atomic E-state index is 12.7. The molecule has 0 heterocycles. The van der Waals surface area contributed by atoms with Crippen LogP contribution in [-0.4, -0.2) is 31.0 Å². The lowest BCUT2D eigenvalue weighted by atomic mass is 10.1. The van der Waals surface area contributed by atoms with E-state index < -0.39 is 0 Å². The number of halogens is 2. The highest BCUT2D eigenvalue weighted by Crippen LogP contribution is 2.32. The Labute approximate surface area is 138 Å². The standard InChI is InChI=1S/C15H19ClINO2/c1-3-6-18(9-10-4-5-10)15(19)11-7-12(16)13(17)8-14(11)20-2/h7-8,10H,3-6,9H2,1-2H3. The van der Waals surface area contributed by atoms with E-state index in [-0.39, 0.29) is 5.91 Å². The van der Waals surface area contributed by atoms with Crippen LogP contribution in [0.5, 0.6) is 5.75 Å². The van der Waals surface area contributed by atoms with Gasteiger partial charge in [0.1, 0.15) is 5.75 Å². The van der Waals surface area contributed by atoms with Gasteiger partial charge in [-0.05, 0) is 59.9 Å². The first-order chi connectivity index (χ1) is 9.56. The first-order valence-corrected chi connectivity index (χ1v) is 8.34. The summed E-state index contributed by atoms with van der Waals surface area (Å²) in [7, 11) is 1.58. The number of methoxy groups -OCH3 is 1. The molecule has 1 aliphatic carbocycles. The van der Waals surface area contributed by atoms with Crippen LogP contribution in [0.3, 0.4) is 0 Å². The molecule has 0 unspecified atom stereocenters. The average Bonchev–Trinajstić information content (AvgIpc) is 3.24. The van der Waals surface area contributed by atoms with Crippen molar-refractivity contribution in [2.24, 2.45) is 5.92 Å². The van der Waals surface area contributed by atoms with E-state index in [0.717, 1.165) is 23.1 Å². The zero-order valence-electron chi connectivity index (χ0n) is 11.8. The van der Waals surface area contributed by atoms with Gasteiger partial charge in [0.15, 0.2) is 0 Å². The first kappa shape index (κ1) is 15.9. The minimum absolute atomic E-state index is 0.0221. The molecule has 1 fully saturated rings. The molecule has 3 nitrogen and oxygen atoms in total. The number of ether oxygens (including phenoxy) is 1. The Morgan fingerprint density at radius 3 is 2.75 bits per heavy atom. The largest absolute Gasteiger partial charge is 0.496 e. The number of benzene rings is 1. The highest BCUT2D eigenvalue weighted by Gasteiger charge is 2.28. The van der Waals surface area contributed by atoms with Crippen LogP contribution in [0, 0.1) is 9.49 Å². The van der Waals surface area contributed by atoms with Crippen LogP contribution in [0.25, 0.3) is 0 Å². The van der Waals surface area contributed by atoms with Crippen LogP contribution in [0.15, 0.2) is 12.1 Å². The van der Waals surface area contributed by atoms with Crippen LogP contribution < -0.4 is 4.74 Å². The van der Waals surface area contributed by atoms with E-state index in [1.807, 2.05) is 11.0 Å². The lowest BCUT2D eigenvalue weighted by molar-refractivity contribution is 0.0744. The highest BCUT2D eigenvalue weighted by atomic mass is 127. The fourth-order valence-electron chi connectivity index (χ4n) is 2.19. The van der Waals surface area contributed by atoms with E-state index >= 15 is 0 Å². The number of rotatable bonds is 6. The molecule has 0 aromatic heterocycles. The smallest absolute Gasteiger partial charge is 0.257 e. The van der Waals surface area contributed by atoms with Crippen molar-refractivity contribution in [1.29, 1.82) is 0 Å². The monoisotopic (exact) mass is 407 g/mol. The van der Waals surface area contributed by atoms with E-state index in [0.29, 0.717) is 22.3 Å². The first-order valence-electron chi connectivity index (χ1n) is 6.89. The second-order valence-corrected chi connectivity index (χ2v) is 6.73. The molecule has 0 aliphatic heterocycles. The molecule has 1 aromatic rings. The fraction of sp³-hybridized carbons (Fsp3) is 0.533. The number of nitrogens with zero attached hydrogens (tertiary/aromatic N) is 1. The van der Waals surface area contributed by atoms with Gasteiger partial charge in [-0.1, -0.05) is 18.5 Å². The van der Waals surface area contributed by atoms with E-state index in [2.05, 4.69) is 29.5 Å². The molecule has 0 radical (unpaired) electrons. The Balaban J connectivity index is 2.26. The van der Waals surface area contributed by atoms with Crippen molar-refractivity contribution in [3.63, 3.8) is 0 Å². The summed E-state index contributed by atoms with van der Waals surface area (Å²) in [5.74, 6) is 1.30. The fourth-order valence-corrected chi connectivity index (χ4v) is 2.79. The third-order valence-corrected chi connectivity index (χ3v) is 4.95. The average molecular weight is 408 g/mol. The van der Waals surface area contributed by atoms with E-state index in [1.165, 1.54) is 12.8 Å². The van der Waals surface area contributed by atoms with E-state index in [1.54, 1.807) is 13.2 Å². The molecule has 20 heavy (non-hydrogen) atoms. The van der Waals surface area contributed by atoms with Crippen LogP contribution in [-0.2, 0) is 0 Å². The Morgan fingerprint density at radius 2 is 2.20 bits per heavy atom. The molecule has 110 valence electrons.